The van der Waals surface area contributed by atoms with Gasteiger partial charge < -0.3 is 0 Å². The number of hydrazone groups is 1. The van der Waals surface area contributed by atoms with Crippen molar-refractivity contribution < 1.29 is 0 Å². The molecule has 1 aliphatic rings. The van der Waals surface area contributed by atoms with Crippen LogP contribution in [0.1, 0.15) is 26.7 Å². The fourth-order valence-electron chi connectivity index (χ4n) is 1.43. The van der Waals surface area contributed by atoms with E-state index in [1.165, 1.54) is 18.4 Å². The Labute approximate surface area is 75.0 Å². The van der Waals surface area contributed by atoms with Crippen molar-refractivity contribution in [3.8, 4) is 0 Å². The average Bonchev–Trinajstić information content (AvgIpc) is 2.05. The van der Waals surface area contributed by atoms with Crippen molar-refractivity contribution in [3.63, 3.8) is 0 Å². The summed E-state index contributed by atoms with van der Waals surface area (Å²) < 4.78 is 0. The van der Waals surface area contributed by atoms with Gasteiger partial charge in [-0.15, -0.1) is 0 Å². The summed E-state index contributed by atoms with van der Waals surface area (Å²) in [5.41, 5.74) is 1.27. The first-order valence-corrected chi connectivity index (χ1v) is 4.60. The topological polar surface area (TPSA) is 15.6 Å². The highest BCUT2D eigenvalue weighted by molar-refractivity contribution is 5.77. The van der Waals surface area contributed by atoms with Gasteiger partial charge in [-0.05, 0) is 31.3 Å². The second-order valence-corrected chi connectivity index (χ2v) is 3.72. The van der Waals surface area contributed by atoms with Gasteiger partial charge in [-0.1, -0.05) is 13.0 Å². The van der Waals surface area contributed by atoms with Crippen molar-refractivity contribution in [2.75, 3.05) is 13.6 Å². The molecule has 0 saturated carbocycles. The molecule has 0 aromatic carbocycles. The van der Waals surface area contributed by atoms with Crippen LogP contribution in [-0.2, 0) is 0 Å². The maximum absolute atomic E-state index is 4.32. The summed E-state index contributed by atoms with van der Waals surface area (Å²) in [5.74, 6) is 0.745. The minimum absolute atomic E-state index is 0.745. The standard InChI is InChI=1S/C10H18N2/c1-9-5-4-6-10(2)8-12(3)11-7-9/h5,7,10H,4,6,8H2,1-3H3/b9-5+,11-7-. The Kier molecular flexibility index (Phi) is 3.32. The molecular formula is C10H18N2. The molecule has 0 N–H and O–H groups in total. The number of rotatable bonds is 0. The van der Waals surface area contributed by atoms with Crippen LogP contribution in [0.5, 0.6) is 0 Å². The molecule has 0 amide bonds. The molecule has 0 radical (unpaired) electrons. The van der Waals surface area contributed by atoms with Crippen molar-refractivity contribution in [1.82, 2.24) is 5.01 Å². The van der Waals surface area contributed by atoms with Crippen molar-refractivity contribution in [2.45, 2.75) is 26.7 Å². The Morgan fingerprint density at radius 2 is 2.33 bits per heavy atom. The molecule has 68 valence electrons. The molecule has 0 spiro atoms. The molecule has 1 atom stereocenters. The largest absolute Gasteiger partial charge is 0.300 e. The fraction of sp³-hybridized carbons (Fsp3) is 0.700. The zero-order valence-corrected chi connectivity index (χ0v) is 8.25. The van der Waals surface area contributed by atoms with Crippen LogP contribution in [0.15, 0.2) is 16.8 Å². The minimum atomic E-state index is 0.745. The van der Waals surface area contributed by atoms with Crippen LogP contribution in [0.25, 0.3) is 0 Å². The predicted molar refractivity (Wildman–Crippen MR) is 53.3 cm³/mol. The summed E-state index contributed by atoms with van der Waals surface area (Å²) in [6.07, 6.45) is 6.66. The van der Waals surface area contributed by atoms with Crippen LogP contribution in [0, 0.1) is 5.92 Å². The van der Waals surface area contributed by atoms with E-state index < -0.39 is 0 Å². The van der Waals surface area contributed by atoms with Crippen LogP contribution in [0.3, 0.4) is 0 Å². The molecule has 0 saturated heterocycles. The Hall–Kier alpha value is -0.790. The molecule has 12 heavy (non-hydrogen) atoms. The van der Waals surface area contributed by atoms with Gasteiger partial charge in [-0.2, -0.15) is 5.10 Å². The maximum atomic E-state index is 4.32. The number of nitrogens with zero attached hydrogens (tertiary/aromatic N) is 2. The zero-order chi connectivity index (χ0) is 8.97. The fourth-order valence-corrected chi connectivity index (χ4v) is 1.43. The summed E-state index contributed by atoms with van der Waals surface area (Å²) in [6, 6.07) is 0. The molecule has 1 rings (SSSR count). The van der Waals surface area contributed by atoms with Crippen molar-refractivity contribution in [3.05, 3.63) is 11.6 Å². The maximum Gasteiger partial charge on any atom is 0.0496 e. The smallest absolute Gasteiger partial charge is 0.0496 e. The Bertz CT molecular complexity index is 194. The van der Waals surface area contributed by atoms with Crippen LogP contribution >= 0.6 is 0 Å². The molecule has 0 aromatic rings. The van der Waals surface area contributed by atoms with E-state index in [2.05, 4.69) is 25.0 Å². The van der Waals surface area contributed by atoms with Crippen LogP contribution in [0.4, 0.5) is 0 Å². The lowest BCUT2D eigenvalue weighted by Gasteiger charge is -2.16. The summed E-state index contributed by atoms with van der Waals surface area (Å²) >= 11 is 0. The number of hydrogen-bond donors (Lipinski definition) is 0. The Morgan fingerprint density at radius 1 is 1.58 bits per heavy atom. The van der Waals surface area contributed by atoms with Gasteiger partial charge in [0.2, 0.25) is 0 Å². The molecule has 0 aliphatic carbocycles. The van der Waals surface area contributed by atoms with Crippen LogP contribution < -0.4 is 0 Å². The van der Waals surface area contributed by atoms with Crippen molar-refractivity contribution in [1.29, 1.82) is 0 Å². The van der Waals surface area contributed by atoms with E-state index in [0.29, 0.717) is 0 Å². The van der Waals surface area contributed by atoms with E-state index >= 15 is 0 Å². The van der Waals surface area contributed by atoms with E-state index in [4.69, 9.17) is 0 Å². The first-order valence-electron chi connectivity index (χ1n) is 4.60. The summed E-state index contributed by atoms with van der Waals surface area (Å²) in [4.78, 5) is 0. The molecule has 1 heterocycles. The zero-order valence-electron chi connectivity index (χ0n) is 8.25. The lowest BCUT2D eigenvalue weighted by Crippen LogP contribution is -2.18. The summed E-state index contributed by atoms with van der Waals surface area (Å²) in [5, 5.41) is 6.34. The van der Waals surface area contributed by atoms with E-state index in [-0.39, 0.29) is 0 Å². The van der Waals surface area contributed by atoms with Gasteiger partial charge in [0.1, 0.15) is 0 Å². The molecule has 1 aliphatic heterocycles. The van der Waals surface area contributed by atoms with Crippen LogP contribution in [0.2, 0.25) is 0 Å². The molecule has 0 aromatic heterocycles. The monoisotopic (exact) mass is 166 g/mol. The molecule has 0 bridgehead atoms. The van der Waals surface area contributed by atoms with E-state index in [9.17, 15) is 0 Å². The number of allylic oxidation sites excluding steroid dienone is 2. The van der Waals surface area contributed by atoms with Crippen molar-refractivity contribution >= 4 is 6.21 Å². The molecule has 0 fully saturated rings. The summed E-state index contributed by atoms with van der Waals surface area (Å²) in [6.45, 7) is 5.45. The lowest BCUT2D eigenvalue weighted by molar-refractivity contribution is 0.294. The predicted octanol–water partition coefficient (Wildman–Crippen LogP) is 2.28. The van der Waals surface area contributed by atoms with Gasteiger partial charge in [0.05, 0.1) is 0 Å². The highest BCUT2D eigenvalue weighted by Crippen LogP contribution is 2.10. The Balaban J connectivity index is 2.61. The molecular weight excluding hydrogens is 148 g/mol. The highest BCUT2D eigenvalue weighted by Gasteiger charge is 2.04. The number of hydrogen-bond acceptors (Lipinski definition) is 2. The average molecular weight is 166 g/mol. The van der Waals surface area contributed by atoms with Crippen molar-refractivity contribution in [2.24, 2.45) is 11.0 Å². The van der Waals surface area contributed by atoms with Gasteiger partial charge in [0.25, 0.3) is 0 Å². The summed E-state index contributed by atoms with van der Waals surface area (Å²) in [7, 11) is 2.03. The van der Waals surface area contributed by atoms with Gasteiger partial charge in [-0.3, -0.25) is 5.01 Å². The third-order valence-electron chi connectivity index (χ3n) is 2.16. The molecule has 2 nitrogen and oxygen atoms in total. The first-order chi connectivity index (χ1) is 5.68. The van der Waals surface area contributed by atoms with E-state index in [0.717, 1.165) is 12.5 Å². The second kappa shape index (κ2) is 4.29. The lowest BCUT2D eigenvalue weighted by atomic mass is 10.0. The van der Waals surface area contributed by atoms with Gasteiger partial charge in [0.15, 0.2) is 0 Å². The third kappa shape index (κ3) is 3.07. The Morgan fingerprint density at radius 3 is 3.08 bits per heavy atom. The second-order valence-electron chi connectivity index (χ2n) is 3.72. The quantitative estimate of drug-likeness (QED) is 0.539. The molecule has 1 unspecified atom stereocenters. The SMILES string of the molecule is CC1=C\CCC(C)CN(C)/N=C\1. The first kappa shape index (κ1) is 9.30. The molecule has 2 heteroatoms. The van der Waals surface area contributed by atoms with Gasteiger partial charge in [0, 0.05) is 19.8 Å². The minimum Gasteiger partial charge on any atom is -0.300 e. The van der Waals surface area contributed by atoms with Gasteiger partial charge >= 0.3 is 0 Å². The van der Waals surface area contributed by atoms with Crippen LogP contribution in [-0.4, -0.2) is 24.8 Å². The van der Waals surface area contributed by atoms with E-state index in [1.807, 2.05) is 18.3 Å². The van der Waals surface area contributed by atoms with Gasteiger partial charge in [-0.25, -0.2) is 0 Å². The normalized spacial score (nSPS) is 32.8. The van der Waals surface area contributed by atoms with E-state index in [1.54, 1.807) is 0 Å². The third-order valence-corrected chi connectivity index (χ3v) is 2.16. The highest BCUT2D eigenvalue weighted by atomic mass is 15.4.